The summed E-state index contributed by atoms with van der Waals surface area (Å²) in [5, 5.41) is 16.2. The Labute approximate surface area is 592 Å². The Morgan fingerprint density at radius 2 is 0.818 bits per heavy atom. The molecule has 2 aliphatic heterocycles. The van der Waals surface area contributed by atoms with Crippen LogP contribution in [0, 0.1) is 11.3 Å². The van der Waals surface area contributed by atoms with Crippen LogP contribution < -0.4 is 26.2 Å². The van der Waals surface area contributed by atoms with Crippen molar-refractivity contribution in [1.82, 2.24) is 9.13 Å². The lowest BCUT2D eigenvalue weighted by Gasteiger charge is -2.46. The van der Waals surface area contributed by atoms with E-state index in [0.29, 0.717) is 16.8 Å². The topological polar surface area (TPSA) is 40.1 Å². The average molecular weight is 1290 g/mol. The van der Waals surface area contributed by atoms with Crippen LogP contribution in [0.3, 0.4) is 0 Å². The Bertz CT molecular complexity index is 5820. The number of hydrogen-bond donors (Lipinski definition) is 0. The molecular formula is C93H86BN5. The largest absolute Gasteiger partial charge is 0.311 e. The van der Waals surface area contributed by atoms with Gasteiger partial charge in [-0.1, -0.05) is 255 Å². The quantitative estimate of drug-likeness (QED) is 0.149. The monoisotopic (exact) mass is 1290 g/mol. The lowest BCUT2D eigenvalue weighted by Crippen LogP contribution is -2.61. The second-order valence-corrected chi connectivity index (χ2v) is 32.7. The van der Waals surface area contributed by atoms with Gasteiger partial charge < -0.3 is 18.9 Å². The van der Waals surface area contributed by atoms with Gasteiger partial charge in [0.25, 0.3) is 6.71 Å². The fourth-order valence-electron chi connectivity index (χ4n) is 15.6. The highest BCUT2D eigenvalue weighted by Gasteiger charge is 2.46. The Hall–Kier alpha value is -10.6. The summed E-state index contributed by atoms with van der Waals surface area (Å²) >= 11 is 0. The first-order valence-corrected chi connectivity index (χ1v) is 34.9. The van der Waals surface area contributed by atoms with E-state index in [-0.39, 0.29) is 33.9 Å². The van der Waals surface area contributed by atoms with Crippen molar-refractivity contribution in [3.8, 4) is 50.8 Å². The van der Waals surface area contributed by atoms with E-state index in [4.69, 9.17) is 4.11 Å². The summed E-state index contributed by atoms with van der Waals surface area (Å²) in [5.74, 6) is 0. The highest BCUT2D eigenvalue weighted by atomic mass is 15.2. The summed E-state index contributed by atoms with van der Waals surface area (Å²) in [5.41, 5.74) is 24.6. The third-order valence-electron chi connectivity index (χ3n) is 20.9. The van der Waals surface area contributed by atoms with Crippen LogP contribution >= 0.6 is 0 Å². The van der Waals surface area contributed by atoms with Crippen molar-refractivity contribution in [2.75, 3.05) is 9.80 Å². The van der Waals surface area contributed by atoms with Gasteiger partial charge in [-0.25, -0.2) is 0 Å². The highest BCUT2D eigenvalue weighted by Crippen LogP contribution is 2.52. The number of anilines is 6. The van der Waals surface area contributed by atoms with Crippen molar-refractivity contribution < 1.29 is 6.85 Å². The Morgan fingerprint density at radius 3 is 1.37 bits per heavy atom. The minimum absolute atomic E-state index is 0.0510. The van der Waals surface area contributed by atoms with Crippen molar-refractivity contribution in [3.05, 3.63) is 282 Å². The second kappa shape index (κ2) is 22.7. The third-order valence-corrected chi connectivity index (χ3v) is 20.9. The van der Waals surface area contributed by atoms with E-state index in [2.05, 4.69) is 341 Å². The van der Waals surface area contributed by atoms with E-state index in [1.165, 1.54) is 27.5 Å². The fraction of sp³-hybridized carbons (Fsp3) is 0.215. The van der Waals surface area contributed by atoms with Crippen LogP contribution in [-0.2, 0) is 27.1 Å². The zero-order valence-corrected chi connectivity index (χ0v) is 59.6. The van der Waals surface area contributed by atoms with Gasteiger partial charge in [0.1, 0.15) is 6.07 Å². The molecule has 0 N–H and O–H groups in total. The first kappa shape index (κ1) is 57.5. The van der Waals surface area contributed by atoms with Gasteiger partial charge in [0.05, 0.1) is 45.9 Å². The van der Waals surface area contributed by atoms with Gasteiger partial charge in [0, 0.05) is 55.7 Å². The van der Waals surface area contributed by atoms with Gasteiger partial charge >= 0.3 is 0 Å². The maximum atomic E-state index is 11.6. The molecule has 0 amide bonds. The molecule has 16 rings (SSSR count). The lowest BCUT2D eigenvalue weighted by atomic mass is 9.33. The molecule has 0 bridgehead atoms. The van der Waals surface area contributed by atoms with Gasteiger partial charge in [0.2, 0.25) is 0 Å². The van der Waals surface area contributed by atoms with Gasteiger partial charge in [-0.3, -0.25) is 0 Å². The van der Waals surface area contributed by atoms with Gasteiger partial charge in [-0.15, -0.1) is 0 Å². The number of nitriles is 1. The molecule has 0 aliphatic carbocycles. The van der Waals surface area contributed by atoms with E-state index >= 15 is 0 Å². The number of para-hydroxylation sites is 2. The number of aromatic nitrogens is 2. The number of hydrogen-bond acceptors (Lipinski definition) is 3. The zero-order valence-electron chi connectivity index (χ0n) is 64.6. The smallest absolute Gasteiger partial charge is 0.252 e. The van der Waals surface area contributed by atoms with Gasteiger partial charge in [0.15, 0.2) is 0 Å². The first-order chi connectivity index (χ1) is 49.3. The molecule has 0 fully saturated rings. The van der Waals surface area contributed by atoms with E-state index in [1.807, 2.05) is 6.07 Å². The van der Waals surface area contributed by atoms with Crippen LogP contribution in [0.5, 0.6) is 0 Å². The van der Waals surface area contributed by atoms with Crippen LogP contribution in [0.25, 0.3) is 88.4 Å². The highest BCUT2D eigenvalue weighted by molar-refractivity contribution is 7.00. The molecule has 0 radical (unpaired) electrons. The molecule has 0 spiro atoms. The lowest BCUT2D eigenvalue weighted by molar-refractivity contribution is 0.589. The van der Waals surface area contributed by atoms with Crippen LogP contribution in [0.1, 0.15) is 144 Å². The molecule has 2 aliphatic rings. The first-order valence-electron chi connectivity index (χ1n) is 37.4. The predicted octanol–water partition coefficient (Wildman–Crippen LogP) is 23.3. The molecule has 0 atom stereocenters. The number of nitrogens with zero attached hydrogens (tertiary/aromatic N) is 5. The molecule has 0 saturated heterocycles. The average Bonchev–Trinajstić information content (AvgIpc) is 0.812. The Balaban J connectivity index is 1.06. The Kier molecular flexibility index (Phi) is 13.2. The summed E-state index contributed by atoms with van der Waals surface area (Å²) in [6, 6.07) is 81.1. The van der Waals surface area contributed by atoms with Gasteiger partial charge in [-0.2, -0.15) is 5.26 Å². The van der Waals surface area contributed by atoms with Crippen LogP contribution in [0.2, 0.25) is 0 Å². The second-order valence-electron chi connectivity index (χ2n) is 32.7. The summed E-state index contributed by atoms with van der Waals surface area (Å²) in [7, 11) is 0. The summed E-state index contributed by atoms with van der Waals surface area (Å²) < 4.78 is 50.7. The van der Waals surface area contributed by atoms with Crippen molar-refractivity contribution >= 4 is 101 Å². The standard InChI is InChI=1S/C93H86BN5/c1-89(2,3)65-37-34-60(35-38-65)63-46-62(59-28-20-17-21-29-59)47-70(48-63)97-85-55-69(96-80-44-39-66(90(4,5)6)51-73(80)74-52-67(91(7,8)9)40-45-81(74)96)41-43-77(85)94-76-42-36-61(58-26-18-16-19-27-58)50-84(76)99(87-54-68(92(10,11)12)53-86(97)88(87)94)83-56-82(64(57-95)49-75(83)93(13,14)15)98-78-32-24-22-30-71(78)72-31-23-25-33-79(72)98/h16-56H,1-15H3/i16D,18D,19D,26D,27D. The van der Waals surface area contributed by atoms with E-state index < -0.39 is 35.7 Å². The van der Waals surface area contributed by atoms with Crippen molar-refractivity contribution in [3.63, 3.8) is 0 Å². The fourth-order valence-corrected chi connectivity index (χ4v) is 15.6. The minimum Gasteiger partial charge on any atom is -0.311 e. The predicted molar refractivity (Wildman–Crippen MR) is 424 cm³/mol. The summed E-state index contributed by atoms with van der Waals surface area (Å²) in [6.07, 6.45) is 0. The van der Waals surface area contributed by atoms with E-state index in [9.17, 15) is 8.00 Å². The van der Waals surface area contributed by atoms with Gasteiger partial charge in [-0.05, 0) is 202 Å². The van der Waals surface area contributed by atoms with E-state index in [0.717, 1.165) is 122 Å². The zero-order chi connectivity index (χ0) is 73.3. The molecule has 6 heteroatoms. The van der Waals surface area contributed by atoms with E-state index in [1.54, 1.807) is 0 Å². The molecule has 0 saturated carbocycles. The molecule has 2 aromatic heterocycles. The maximum absolute atomic E-state index is 11.6. The molecular weight excluding hydrogens is 1200 g/mol. The molecule has 12 aromatic carbocycles. The summed E-state index contributed by atoms with van der Waals surface area (Å²) in [6.45, 7) is 33.6. The normalized spacial score (nSPS) is 14.0. The molecule has 14 aromatic rings. The van der Waals surface area contributed by atoms with Crippen molar-refractivity contribution in [2.24, 2.45) is 0 Å². The van der Waals surface area contributed by atoms with Crippen LogP contribution in [0.15, 0.2) is 249 Å². The number of fused-ring (bicyclic) bond motifs is 10. The number of benzene rings is 12. The van der Waals surface area contributed by atoms with Crippen LogP contribution in [0.4, 0.5) is 34.1 Å². The molecule has 99 heavy (non-hydrogen) atoms. The minimum atomic E-state index is -0.562. The summed E-state index contributed by atoms with van der Waals surface area (Å²) in [4.78, 5) is 4.94. The van der Waals surface area contributed by atoms with Crippen molar-refractivity contribution in [2.45, 2.75) is 131 Å². The SMILES string of the molecule is [2H]c1c([2H])c([2H])c(-c2ccc3c(c2)N(c2cc(-n4c5ccccc5c5ccccc54)c(C#N)cc2C(C)(C)C)c2cc(C(C)(C)C)cc4c2B3c2ccc(-n3c5ccc(C(C)(C)C)cc5c5cc(C(C)(C)C)ccc53)cc2N4c2cc(-c3ccccc3)cc(-c3ccc(C(C)(C)C)cc3)c2)c([2H])c1[2H]. The molecule has 5 nitrogen and oxygen atoms in total. The third kappa shape index (κ3) is 10.6. The molecule has 4 heterocycles. The van der Waals surface area contributed by atoms with Crippen molar-refractivity contribution in [1.29, 1.82) is 5.26 Å². The maximum Gasteiger partial charge on any atom is 0.252 e. The Morgan fingerprint density at radius 1 is 0.323 bits per heavy atom. The number of rotatable bonds is 7. The van der Waals surface area contributed by atoms with Crippen LogP contribution in [-0.4, -0.2) is 15.8 Å². The molecule has 0 unspecified atom stereocenters. The molecule has 486 valence electrons.